The molecule has 5 aliphatic rings. The van der Waals surface area contributed by atoms with E-state index in [9.17, 15) is 9.59 Å². The number of rotatable bonds is 6. The third kappa shape index (κ3) is 4.62. The minimum atomic E-state index is -1.17. The van der Waals surface area contributed by atoms with Gasteiger partial charge in [0.25, 0.3) is 0 Å². The molecule has 39 heavy (non-hydrogen) atoms. The lowest BCUT2D eigenvalue weighted by atomic mass is 9.55. The quantitative estimate of drug-likeness (QED) is 0.358. The summed E-state index contributed by atoms with van der Waals surface area (Å²) in [4.78, 5) is 30.9. The number of fused-ring (bicyclic) bond motifs is 2. The molecule has 5 aliphatic carbocycles. The average molecular weight is 526 g/mol. The van der Waals surface area contributed by atoms with Crippen molar-refractivity contribution >= 4 is 22.9 Å². The lowest BCUT2D eigenvalue weighted by Crippen LogP contribution is -2.60. The van der Waals surface area contributed by atoms with Crippen LogP contribution in [0.1, 0.15) is 74.6 Å². The van der Waals surface area contributed by atoms with Gasteiger partial charge in [0.1, 0.15) is 11.6 Å². The number of para-hydroxylation sites is 1. The highest BCUT2D eigenvalue weighted by molar-refractivity contribution is 5.92. The Morgan fingerprint density at radius 3 is 2.49 bits per heavy atom. The van der Waals surface area contributed by atoms with Crippen molar-refractivity contribution in [2.75, 3.05) is 0 Å². The minimum absolute atomic E-state index is 0.0246. The van der Waals surface area contributed by atoms with Gasteiger partial charge in [-0.1, -0.05) is 42.5 Å². The van der Waals surface area contributed by atoms with Crippen LogP contribution in [0.4, 0.5) is 4.79 Å². The van der Waals surface area contributed by atoms with E-state index < -0.39 is 11.6 Å². The van der Waals surface area contributed by atoms with Gasteiger partial charge in [0.15, 0.2) is 0 Å². The molecule has 0 saturated heterocycles. The molecule has 1 heterocycles. The molecule has 204 valence electrons. The molecule has 4 bridgehead atoms. The molecule has 6 nitrogen and oxygen atoms in total. The molecule has 6 heteroatoms. The van der Waals surface area contributed by atoms with E-state index in [1.165, 1.54) is 43.2 Å². The molecular formula is C33H39N3O3. The SMILES string of the molecule is CC(Cc1c[nH]c2ccccc12)(NC(=O)OC1C2CC3CC(C2)CC1C3)C(=O)NC1CCCc2ccccc21. The molecule has 2 amide bonds. The number of aromatic nitrogens is 1. The lowest BCUT2D eigenvalue weighted by molar-refractivity contribution is -0.128. The molecule has 1 aromatic heterocycles. The third-order valence-corrected chi connectivity index (χ3v) is 10.2. The molecule has 8 rings (SSSR count). The zero-order valence-corrected chi connectivity index (χ0v) is 22.7. The molecule has 0 radical (unpaired) electrons. The number of nitrogens with one attached hydrogen (secondary N) is 3. The van der Waals surface area contributed by atoms with E-state index in [2.05, 4.69) is 39.9 Å². The topological polar surface area (TPSA) is 83.2 Å². The predicted octanol–water partition coefficient (Wildman–Crippen LogP) is 6.21. The van der Waals surface area contributed by atoms with Crippen LogP contribution in [0.15, 0.2) is 54.7 Å². The molecule has 0 aliphatic heterocycles. The number of hydrogen-bond acceptors (Lipinski definition) is 3. The maximum atomic E-state index is 14.1. The van der Waals surface area contributed by atoms with Gasteiger partial charge in [0, 0.05) is 23.5 Å². The standard InChI is InChI=1S/C33H39N3O3/c1-33(18-25-19-34-28-11-5-4-10-27(25)28,31(37)35-29-12-6-8-22-7-2-3-9-26(22)29)36-32(38)39-30-23-14-20-13-21(16-23)17-24(30)15-20/h2-5,7,9-11,19-21,23-24,29-30,34H,6,8,12-18H2,1H3,(H,35,37)(H,36,38). The first-order chi connectivity index (χ1) is 18.9. The van der Waals surface area contributed by atoms with Crippen molar-refractivity contribution in [3.05, 3.63) is 71.4 Å². The molecular weight excluding hydrogens is 486 g/mol. The molecule has 4 saturated carbocycles. The van der Waals surface area contributed by atoms with Gasteiger partial charge in [0.05, 0.1) is 6.04 Å². The van der Waals surface area contributed by atoms with Crippen molar-refractivity contribution in [2.45, 2.75) is 82.4 Å². The first-order valence-corrected chi connectivity index (χ1v) is 14.9. The van der Waals surface area contributed by atoms with E-state index in [4.69, 9.17) is 4.74 Å². The summed E-state index contributed by atoms with van der Waals surface area (Å²) >= 11 is 0. The fourth-order valence-electron chi connectivity index (χ4n) is 8.51. The van der Waals surface area contributed by atoms with E-state index in [0.717, 1.165) is 47.6 Å². The van der Waals surface area contributed by atoms with Gasteiger partial charge in [-0.25, -0.2) is 4.79 Å². The highest BCUT2D eigenvalue weighted by Crippen LogP contribution is 2.54. The Kier molecular flexibility index (Phi) is 6.17. The van der Waals surface area contributed by atoms with Crippen molar-refractivity contribution in [3.8, 4) is 0 Å². The number of alkyl carbamates (subject to hydrolysis) is 1. The van der Waals surface area contributed by atoms with E-state index in [-0.39, 0.29) is 18.1 Å². The fourth-order valence-corrected chi connectivity index (χ4v) is 8.51. The minimum Gasteiger partial charge on any atom is -0.446 e. The predicted molar refractivity (Wildman–Crippen MR) is 151 cm³/mol. The van der Waals surface area contributed by atoms with Crippen molar-refractivity contribution in [1.29, 1.82) is 0 Å². The maximum absolute atomic E-state index is 14.1. The second-order valence-corrected chi connectivity index (χ2v) is 12.9. The van der Waals surface area contributed by atoms with Crippen LogP contribution in [-0.4, -0.2) is 28.6 Å². The Hall–Kier alpha value is -3.28. The Bertz CT molecular complexity index is 1370. The third-order valence-electron chi connectivity index (χ3n) is 10.2. The van der Waals surface area contributed by atoms with Gasteiger partial charge in [-0.15, -0.1) is 0 Å². The van der Waals surface area contributed by atoms with Crippen molar-refractivity contribution in [3.63, 3.8) is 0 Å². The van der Waals surface area contributed by atoms with Gasteiger partial charge in [-0.2, -0.15) is 0 Å². The molecule has 2 atom stereocenters. The zero-order chi connectivity index (χ0) is 26.6. The number of aromatic amines is 1. The molecule has 3 aromatic rings. The molecule has 3 N–H and O–H groups in total. The van der Waals surface area contributed by atoms with Crippen LogP contribution in [0.25, 0.3) is 10.9 Å². The van der Waals surface area contributed by atoms with Crippen LogP contribution < -0.4 is 10.6 Å². The zero-order valence-electron chi connectivity index (χ0n) is 22.7. The first-order valence-electron chi connectivity index (χ1n) is 14.9. The number of carbonyl (C=O) groups excluding carboxylic acids is 2. The van der Waals surface area contributed by atoms with Crippen molar-refractivity contribution in [2.24, 2.45) is 23.7 Å². The van der Waals surface area contributed by atoms with Gasteiger partial charge in [-0.05, 0) is 105 Å². The van der Waals surface area contributed by atoms with Gasteiger partial charge in [-0.3, -0.25) is 4.79 Å². The Labute approximate surface area is 230 Å². The van der Waals surface area contributed by atoms with Crippen LogP contribution in [0.5, 0.6) is 0 Å². The van der Waals surface area contributed by atoms with Gasteiger partial charge >= 0.3 is 6.09 Å². The summed E-state index contributed by atoms with van der Waals surface area (Å²) in [7, 11) is 0. The average Bonchev–Trinajstić information content (AvgIpc) is 3.33. The van der Waals surface area contributed by atoms with Crippen molar-refractivity contribution in [1.82, 2.24) is 15.6 Å². The lowest BCUT2D eigenvalue weighted by Gasteiger charge is -2.53. The van der Waals surface area contributed by atoms with Crippen LogP contribution in [0, 0.1) is 23.7 Å². The number of carbonyl (C=O) groups is 2. The Morgan fingerprint density at radius 2 is 1.69 bits per heavy atom. The fraction of sp³-hybridized carbons (Fsp3) is 0.515. The Morgan fingerprint density at radius 1 is 0.974 bits per heavy atom. The number of hydrogen-bond donors (Lipinski definition) is 3. The van der Waals surface area contributed by atoms with Crippen LogP contribution in [-0.2, 0) is 22.4 Å². The largest absolute Gasteiger partial charge is 0.446 e. The summed E-state index contributed by atoms with van der Waals surface area (Å²) in [5.74, 6) is 2.40. The molecule has 2 unspecified atom stereocenters. The normalized spacial score (nSPS) is 30.4. The maximum Gasteiger partial charge on any atom is 0.408 e. The molecule has 0 spiro atoms. The van der Waals surface area contributed by atoms with Crippen molar-refractivity contribution < 1.29 is 14.3 Å². The second kappa shape index (κ2) is 9.72. The summed E-state index contributed by atoms with van der Waals surface area (Å²) < 4.78 is 6.19. The smallest absolute Gasteiger partial charge is 0.408 e. The number of benzene rings is 2. The highest BCUT2D eigenvalue weighted by Gasteiger charge is 2.50. The number of ether oxygens (including phenoxy) is 1. The van der Waals surface area contributed by atoms with Crippen LogP contribution in [0.2, 0.25) is 0 Å². The van der Waals surface area contributed by atoms with Crippen LogP contribution in [0.3, 0.4) is 0 Å². The van der Waals surface area contributed by atoms with Gasteiger partial charge in [0.2, 0.25) is 5.91 Å². The number of aryl methyl sites for hydroxylation is 1. The second-order valence-electron chi connectivity index (χ2n) is 12.9. The summed E-state index contributed by atoms with van der Waals surface area (Å²) in [6.45, 7) is 1.84. The first kappa shape index (κ1) is 24.7. The van der Waals surface area contributed by atoms with E-state index >= 15 is 0 Å². The van der Waals surface area contributed by atoms with Gasteiger partial charge < -0.3 is 20.4 Å². The Balaban J connectivity index is 1.13. The summed E-state index contributed by atoms with van der Waals surface area (Å²) in [6.07, 6.45) is 10.9. The summed E-state index contributed by atoms with van der Waals surface area (Å²) in [6, 6.07) is 16.4. The number of amides is 2. The summed E-state index contributed by atoms with van der Waals surface area (Å²) in [5.41, 5.74) is 3.33. The van der Waals surface area contributed by atoms with E-state index in [1.54, 1.807) is 0 Å². The highest BCUT2D eigenvalue weighted by atomic mass is 16.6. The molecule has 4 fully saturated rings. The van der Waals surface area contributed by atoms with Crippen LogP contribution >= 0.6 is 0 Å². The molecule has 2 aromatic carbocycles. The number of H-pyrrole nitrogens is 1. The summed E-state index contributed by atoms with van der Waals surface area (Å²) in [5, 5.41) is 7.46. The van der Waals surface area contributed by atoms with E-state index in [1.807, 2.05) is 37.4 Å². The van der Waals surface area contributed by atoms with E-state index in [0.29, 0.717) is 18.3 Å². The monoisotopic (exact) mass is 525 g/mol.